The van der Waals surface area contributed by atoms with E-state index in [1.807, 2.05) is 0 Å². The van der Waals surface area contributed by atoms with Crippen LogP contribution in [0.4, 0.5) is 30.7 Å². The van der Waals surface area contributed by atoms with Crippen LogP contribution in [0.15, 0.2) is 0 Å². The first-order valence-electron chi connectivity index (χ1n) is 3.42. The van der Waals surface area contributed by atoms with Crippen molar-refractivity contribution in [2.75, 3.05) is 0 Å². The highest BCUT2D eigenvalue weighted by atomic mass is 19.4. The second kappa shape index (κ2) is 3.56. The molecule has 0 aromatic heterocycles. The molecule has 0 radical (unpaired) electrons. The van der Waals surface area contributed by atoms with E-state index in [0.717, 1.165) is 0 Å². The van der Waals surface area contributed by atoms with Gasteiger partial charge in [0, 0.05) is 6.42 Å². The smallest absolute Gasteiger partial charge is 0.393 e. The molecule has 0 aromatic carbocycles. The summed E-state index contributed by atoms with van der Waals surface area (Å²) in [6.07, 6.45) is -10.2. The van der Waals surface area contributed by atoms with Crippen molar-refractivity contribution in [1.29, 1.82) is 0 Å². The highest BCUT2D eigenvalue weighted by Gasteiger charge is 2.72. The van der Waals surface area contributed by atoms with Crippen LogP contribution < -0.4 is 0 Å². The van der Waals surface area contributed by atoms with Crippen molar-refractivity contribution in [3.05, 3.63) is 0 Å². The van der Waals surface area contributed by atoms with Gasteiger partial charge >= 0.3 is 18.0 Å². The highest BCUT2D eigenvalue weighted by Crippen LogP contribution is 2.48. The predicted octanol–water partition coefficient (Wildman–Crippen LogP) is 2.59. The first-order valence-corrected chi connectivity index (χ1v) is 3.42. The van der Waals surface area contributed by atoms with Crippen LogP contribution >= 0.6 is 0 Å². The topological polar surface area (TPSA) is 20.2 Å². The molecule has 0 amide bonds. The van der Waals surface area contributed by atoms with Gasteiger partial charge in [-0.3, -0.25) is 0 Å². The third-order valence-electron chi connectivity index (χ3n) is 1.37. The molecule has 0 saturated heterocycles. The fourth-order valence-electron chi connectivity index (χ4n) is 0.707. The maximum Gasteiger partial charge on any atom is 0.459 e. The number of halogens is 7. The molecule has 0 fully saturated rings. The number of aliphatic hydroxyl groups excluding tert-OH is 1. The zero-order valence-electron chi connectivity index (χ0n) is 6.88. The van der Waals surface area contributed by atoms with Gasteiger partial charge in [-0.1, -0.05) is 0 Å². The van der Waals surface area contributed by atoms with Crippen molar-refractivity contribution in [2.45, 2.75) is 37.5 Å². The van der Waals surface area contributed by atoms with Crippen LogP contribution in [-0.4, -0.2) is 29.2 Å². The minimum absolute atomic E-state index is 0.695. The van der Waals surface area contributed by atoms with Crippen molar-refractivity contribution in [3.63, 3.8) is 0 Å². The van der Waals surface area contributed by atoms with Gasteiger partial charge in [0.2, 0.25) is 0 Å². The minimum Gasteiger partial charge on any atom is -0.393 e. The summed E-state index contributed by atoms with van der Waals surface area (Å²) >= 11 is 0. The molecule has 1 atom stereocenters. The summed E-state index contributed by atoms with van der Waals surface area (Å²) in [7, 11) is 0. The van der Waals surface area contributed by atoms with Crippen molar-refractivity contribution in [2.24, 2.45) is 0 Å². The van der Waals surface area contributed by atoms with Gasteiger partial charge in [0.15, 0.2) is 0 Å². The Labute approximate surface area is 74.5 Å². The SMILES string of the molecule is C[C@@H](O)CC(F)(F)C(F)(F)C(F)(F)F. The van der Waals surface area contributed by atoms with Crippen molar-refractivity contribution in [1.82, 2.24) is 0 Å². The fraction of sp³-hybridized carbons (Fsp3) is 1.00. The highest BCUT2D eigenvalue weighted by molar-refractivity contribution is 4.91. The summed E-state index contributed by atoms with van der Waals surface area (Å²) in [6.45, 7) is 0.695. The van der Waals surface area contributed by atoms with Crippen molar-refractivity contribution < 1.29 is 35.8 Å². The Kier molecular flexibility index (Phi) is 3.42. The van der Waals surface area contributed by atoms with Crippen LogP contribution in [-0.2, 0) is 0 Å². The number of hydrogen-bond acceptors (Lipinski definition) is 1. The second-order valence-electron chi connectivity index (χ2n) is 2.83. The van der Waals surface area contributed by atoms with E-state index in [2.05, 4.69) is 0 Å². The van der Waals surface area contributed by atoms with Crippen molar-refractivity contribution >= 4 is 0 Å². The number of rotatable bonds is 3. The Morgan fingerprint density at radius 3 is 1.57 bits per heavy atom. The minimum atomic E-state index is -6.33. The summed E-state index contributed by atoms with van der Waals surface area (Å²) in [4.78, 5) is 0. The zero-order chi connectivity index (χ0) is 11.8. The lowest BCUT2D eigenvalue weighted by Gasteiger charge is -2.28. The van der Waals surface area contributed by atoms with Gasteiger partial charge in [0.25, 0.3) is 0 Å². The summed E-state index contributed by atoms with van der Waals surface area (Å²) in [5, 5.41) is 8.34. The molecule has 14 heavy (non-hydrogen) atoms. The predicted molar refractivity (Wildman–Crippen MR) is 32.2 cm³/mol. The van der Waals surface area contributed by atoms with Gasteiger partial charge in [-0.2, -0.15) is 30.7 Å². The van der Waals surface area contributed by atoms with Crippen LogP contribution in [0.1, 0.15) is 13.3 Å². The average molecular weight is 228 g/mol. The summed E-state index contributed by atoms with van der Waals surface area (Å²) in [5.74, 6) is -11.4. The molecule has 0 rings (SSSR count). The molecule has 0 aliphatic rings. The number of alkyl halides is 7. The standard InChI is InChI=1S/C6H7F7O/c1-3(14)2-4(7,8)5(9,10)6(11,12)13/h3,14H,2H2,1H3/t3-/m1/s1. The van der Waals surface area contributed by atoms with Gasteiger partial charge in [-0.15, -0.1) is 0 Å². The molecule has 0 bridgehead atoms. The molecular formula is C6H7F7O. The molecule has 0 aromatic rings. The van der Waals surface area contributed by atoms with E-state index in [4.69, 9.17) is 5.11 Å². The lowest BCUT2D eigenvalue weighted by Crippen LogP contribution is -2.52. The van der Waals surface area contributed by atoms with Gasteiger partial charge in [0.05, 0.1) is 6.10 Å². The molecular weight excluding hydrogens is 221 g/mol. The second-order valence-corrected chi connectivity index (χ2v) is 2.83. The van der Waals surface area contributed by atoms with Gasteiger partial charge in [0.1, 0.15) is 0 Å². The van der Waals surface area contributed by atoms with E-state index in [-0.39, 0.29) is 0 Å². The molecule has 86 valence electrons. The molecule has 8 heteroatoms. The normalized spacial score (nSPS) is 16.9. The number of aliphatic hydroxyl groups is 1. The third kappa shape index (κ3) is 2.49. The molecule has 0 spiro atoms. The lowest BCUT2D eigenvalue weighted by atomic mass is 10.1. The number of hydrogen-bond donors (Lipinski definition) is 1. The maximum absolute atomic E-state index is 12.3. The van der Waals surface area contributed by atoms with Gasteiger partial charge in [-0.25, -0.2) is 0 Å². The molecule has 0 heterocycles. The first-order chi connectivity index (χ1) is 5.92. The Bertz CT molecular complexity index is 195. The lowest BCUT2D eigenvalue weighted by molar-refractivity contribution is -0.358. The fourth-order valence-corrected chi connectivity index (χ4v) is 0.707. The van der Waals surface area contributed by atoms with Crippen LogP contribution in [0.5, 0.6) is 0 Å². The molecule has 0 aliphatic heterocycles. The molecule has 0 saturated carbocycles. The van der Waals surface area contributed by atoms with Crippen LogP contribution in [0.3, 0.4) is 0 Å². The van der Waals surface area contributed by atoms with Crippen molar-refractivity contribution in [3.8, 4) is 0 Å². The quantitative estimate of drug-likeness (QED) is 0.736. The van der Waals surface area contributed by atoms with E-state index in [1.54, 1.807) is 0 Å². The Hall–Kier alpha value is -0.530. The van der Waals surface area contributed by atoms with E-state index in [1.165, 1.54) is 0 Å². The largest absolute Gasteiger partial charge is 0.459 e. The first kappa shape index (κ1) is 13.5. The van der Waals surface area contributed by atoms with E-state index in [9.17, 15) is 30.7 Å². The maximum atomic E-state index is 12.3. The summed E-state index contributed by atoms with van der Waals surface area (Å²) in [5.41, 5.74) is 0. The third-order valence-corrected chi connectivity index (χ3v) is 1.37. The van der Waals surface area contributed by atoms with E-state index < -0.39 is 30.5 Å². The average Bonchev–Trinajstić information content (AvgIpc) is 1.80. The molecule has 1 nitrogen and oxygen atoms in total. The molecule has 0 aliphatic carbocycles. The molecule has 1 N–H and O–H groups in total. The van der Waals surface area contributed by atoms with Crippen LogP contribution in [0, 0.1) is 0 Å². The van der Waals surface area contributed by atoms with Crippen LogP contribution in [0.25, 0.3) is 0 Å². The Morgan fingerprint density at radius 1 is 1.00 bits per heavy atom. The van der Waals surface area contributed by atoms with E-state index >= 15 is 0 Å². The van der Waals surface area contributed by atoms with Crippen LogP contribution in [0.2, 0.25) is 0 Å². The van der Waals surface area contributed by atoms with Gasteiger partial charge < -0.3 is 5.11 Å². The Morgan fingerprint density at radius 2 is 1.36 bits per heavy atom. The zero-order valence-corrected chi connectivity index (χ0v) is 6.88. The summed E-state index contributed by atoms with van der Waals surface area (Å²) in [6, 6.07) is 0. The Balaban J connectivity index is 4.88. The summed E-state index contributed by atoms with van der Waals surface area (Å²) < 4.78 is 83.2. The van der Waals surface area contributed by atoms with E-state index in [0.29, 0.717) is 6.92 Å². The monoisotopic (exact) mass is 228 g/mol. The van der Waals surface area contributed by atoms with Gasteiger partial charge in [-0.05, 0) is 6.92 Å². The molecule has 0 unspecified atom stereocenters.